The smallest absolute Gasteiger partial charge is 0.244 e. The topological polar surface area (TPSA) is 50.2 Å². The largest absolute Gasteiger partial charge is 0.350 e. The van der Waals surface area contributed by atoms with Gasteiger partial charge >= 0.3 is 0 Å². The number of hydrogen-bond acceptors (Lipinski definition) is 3. The summed E-state index contributed by atoms with van der Waals surface area (Å²) < 4.78 is 2.32. The first-order valence-electron chi connectivity index (χ1n) is 14.1. The zero-order valence-corrected chi connectivity index (χ0v) is 23.5. The average molecular weight is 552 g/mol. The van der Waals surface area contributed by atoms with E-state index in [-0.39, 0.29) is 11.9 Å². The van der Waals surface area contributed by atoms with Crippen LogP contribution >= 0.6 is 23.2 Å². The second kappa shape index (κ2) is 11.0. The van der Waals surface area contributed by atoms with E-state index in [1.165, 1.54) is 56.4 Å². The van der Waals surface area contributed by atoms with Gasteiger partial charge < -0.3 is 9.88 Å². The molecule has 1 aromatic heterocycles. The number of hydrogen-bond donors (Lipinski definition) is 1. The van der Waals surface area contributed by atoms with E-state index in [1.807, 2.05) is 6.07 Å². The highest BCUT2D eigenvalue weighted by Crippen LogP contribution is 2.44. The molecular formula is C31H36Cl2N4O. The lowest BCUT2D eigenvalue weighted by Crippen LogP contribution is -2.46. The van der Waals surface area contributed by atoms with Gasteiger partial charge in [0.05, 0.1) is 21.1 Å². The van der Waals surface area contributed by atoms with Crippen LogP contribution in [0.2, 0.25) is 10.0 Å². The maximum absolute atomic E-state index is 12.5. The Balaban J connectivity index is 0.992. The molecule has 2 aliphatic heterocycles. The Hall–Kier alpha value is -2.34. The van der Waals surface area contributed by atoms with Crippen molar-refractivity contribution in [2.75, 3.05) is 6.54 Å². The second-order valence-corrected chi connectivity index (χ2v) is 12.3. The van der Waals surface area contributed by atoms with Gasteiger partial charge in [0.25, 0.3) is 0 Å². The number of aromatic nitrogens is 2. The molecule has 1 aliphatic carbocycles. The van der Waals surface area contributed by atoms with Gasteiger partial charge in [-0.1, -0.05) is 41.4 Å². The van der Waals surface area contributed by atoms with Crippen LogP contribution in [0.15, 0.2) is 48.5 Å². The molecule has 38 heavy (non-hydrogen) atoms. The van der Waals surface area contributed by atoms with Gasteiger partial charge in [-0.3, -0.25) is 9.69 Å². The molecule has 2 saturated heterocycles. The quantitative estimate of drug-likeness (QED) is 0.337. The Morgan fingerprint density at radius 1 is 1.00 bits per heavy atom. The van der Waals surface area contributed by atoms with E-state index in [0.717, 1.165) is 29.8 Å². The summed E-state index contributed by atoms with van der Waals surface area (Å²) in [6.45, 7) is 1.21. The number of halogens is 2. The zero-order valence-electron chi connectivity index (χ0n) is 22.0. The Kier molecular flexibility index (Phi) is 7.52. The van der Waals surface area contributed by atoms with Gasteiger partial charge in [-0.25, -0.2) is 4.98 Å². The van der Waals surface area contributed by atoms with E-state index < -0.39 is 0 Å². The van der Waals surface area contributed by atoms with E-state index in [9.17, 15) is 4.79 Å². The van der Waals surface area contributed by atoms with Gasteiger partial charge in [0.1, 0.15) is 5.82 Å². The van der Waals surface area contributed by atoms with Crippen LogP contribution in [-0.4, -0.2) is 45.0 Å². The molecule has 1 amide bonds. The van der Waals surface area contributed by atoms with Crippen molar-refractivity contribution in [3.63, 3.8) is 0 Å². The van der Waals surface area contributed by atoms with Gasteiger partial charge in [-0.05, 0) is 93.2 Å². The third-order valence-corrected chi connectivity index (χ3v) is 9.84. The number of nitrogens with one attached hydrogen (secondary N) is 1. The standard InChI is InChI=1S/C31H36Cl2N4O/c1-36-29-5-3-2-4-28(29)35-31(36)22-17-24-12-13-25(18-22)37(24)19-21-6-10-23(11-7-21)34-30(38)15-9-20-8-14-26(32)27(33)16-20/h2-5,8-9,14-16,21-25H,6-7,10-13,17-19H2,1H3,(H,34,38)/b15-9+/t21?,23?,24-,25-/m1/s1. The lowest BCUT2D eigenvalue weighted by molar-refractivity contribution is -0.117. The number of benzene rings is 2. The predicted molar refractivity (Wildman–Crippen MR) is 156 cm³/mol. The molecule has 6 rings (SSSR count). The van der Waals surface area contributed by atoms with Crippen LogP contribution in [0.25, 0.3) is 17.1 Å². The van der Waals surface area contributed by atoms with E-state index in [1.54, 1.807) is 24.3 Å². The fraction of sp³-hybridized carbons (Fsp3) is 0.484. The van der Waals surface area contributed by atoms with Crippen LogP contribution in [0.4, 0.5) is 0 Å². The van der Waals surface area contributed by atoms with Gasteiger partial charge in [0.2, 0.25) is 5.91 Å². The maximum atomic E-state index is 12.5. The van der Waals surface area contributed by atoms with E-state index in [4.69, 9.17) is 28.2 Å². The van der Waals surface area contributed by atoms with Gasteiger partial charge in [-0.2, -0.15) is 0 Å². The first-order chi connectivity index (χ1) is 18.4. The van der Waals surface area contributed by atoms with Crippen molar-refractivity contribution in [3.8, 4) is 0 Å². The number of amides is 1. The van der Waals surface area contributed by atoms with Crippen LogP contribution in [0.5, 0.6) is 0 Å². The molecule has 0 radical (unpaired) electrons. The van der Waals surface area contributed by atoms with E-state index >= 15 is 0 Å². The minimum Gasteiger partial charge on any atom is -0.350 e. The zero-order chi connectivity index (χ0) is 26.2. The molecule has 1 saturated carbocycles. The van der Waals surface area contributed by atoms with E-state index in [2.05, 4.69) is 46.1 Å². The summed E-state index contributed by atoms with van der Waals surface area (Å²) in [5, 5.41) is 4.22. The normalized spacial score (nSPS) is 27.8. The molecule has 7 heteroatoms. The fourth-order valence-corrected chi connectivity index (χ4v) is 7.44. The number of carbonyl (C=O) groups excluding carboxylic acids is 1. The second-order valence-electron chi connectivity index (χ2n) is 11.5. The Morgan fingerprint density at radius 2 is 1.74 bits per heavy atom. The number of carbonyl (C=O) groups is 1. The fourth-order valence-electron chi connectivity index (χ4n) is 7.14. The summed E-state index contributed by atoms with van der Waals surface area (Å²) in [5.74, 6) is 2.52. The highest BCUT2D eigenvalue weighted by Gasteiger charge is 2.43. The minimum absolute atomic E-state index is 0.0402. The van der Waals surface area contributed by atoms with Crippen LogP contribution in [-0.2, 0) is 11.8 Å². The molecule has 2 bridgehead atoms. The number of para-hydroxylation sites is 2. The van der Waals surface area contributed by atoms with Crippen LogP contribution < -0.4 is 5.32 Å². The number of nitrogens with zero attached hydrogens (tertiary/aromatic N) is 3. The monoisotopic (exact) mass is 550 g/mol. The molecule has 2 aromatic carbocycles. The lowest BCUT2D eigenvalue weighted by atomic mass is 9.83. The number of imidazole rings is 1. The average Bonchev–Trinajstić information content (AvgIpc) is 3.36. The van der Waals surface area contributed by atoms with Gasteiger partial charge in [0.15, 0.2) is 0 Å². The van der Waals surface area contributed by atoms with Crippen molar-refractivity contribution < 1.29 is 4.79 Å². The van der Waals surface area contributed by atoms with Crippen molar-refractivity contribution in [2.24, 2.45) is 13.0 Å². The Bertz CT molecular complexity index is 1330. The Labute approximate surface area is 235 Å². The summed E-state index contributed by atoms with van der Waals surface area (Å²) >= 11 is 12.0. The molecule has 2 atom stereocenters. The highest BCUT2D eigenvalue weighted by atomic mass is 35.5. The number of piperidine rings is 1. The molecule has 0 unspecified atom stereocenters. The Morgan fingerprint density at radius 3 is 2.45 bits per heavy atom. The lowest BCUT2D eigenvalue weighted by Gasteiger charge is -2.41. The first-order valence-corrected chi connectivity index (χ1v) is 14.8. The maximum Gasteiger partial charge on any atom is 0.244 e. The summed E-state index contributed by atoms with van der Waals surface area (Å²) in [7, 11) is 2.18. The van der Waals surface area contributed by atoms with Crippen molar-refractivity contribution in [1.29, 1.82) is 0 Å². The van der Waals surface area contributed by atoms with Crippen LogP contribution in [0.1, 0.15) is 68.7 Å². The van der Waals surface area contributed by atoms with E-state index in [0.29, 0.717) is 28.0 Å². The molecule has 0 spiro atoms. The third-order valence-electron chi connectivity index (χ3n) is 9.10. The number of fused-ring (bicyclic) bond motifs is 3. The van der Waals surface area contributed by atoms with Crippen molar-refractivity contribution in [3.05, 3.63) is 70.0 Å². The molecule has 1 N–H and O–H groups in total. The highest BCUT2D eigenvalue weighted by molar-refractivity contribution is 6.42. The molecule has 3 heterocycles. The van der Waals surface area contributed by atoms with Crippen molar-refractivity contribution in [2.45, 2.75) is 75.4 Å². The SMILES string of the molecule is Cn1c(C2C[C@H]3CC[C@H](C2)N3CC2CCC(NC(=O)/C=C/c3ccc(Cl)c(Cl)c3)CC2)nc2ccccc21. The summed E-state index contributed by atoms with van der Waals surface area (Å²) in [6, 6.07) is 15.5. The first kappa shape index (κ1) is 25.9. The third kappa shape index (κ3) is 5.38. The number of aryl methyl sites for hydroxylation is 1. The molecule has 3 aliphatic rings. The molecular weight excluding hydrogens is 515 g/mol. The molecule has 3 fully saturated rings. The van der Waals surface area contributed by atoms with Crippen molar-refractivity contribution >= 4 is 46.2 Å². The summed E-state index contributed by atoms with van der Waals surface area (Å²) in [4.78, 5) is 20.4. The van der Waals surface area contributed by atoms with Crippen molar-refractivity contribution in [1.82, 2.24) is 19.8 Å². The number of rotatable bonds is 6. The molecule has 5 nitrogen and oxygen atoms in total. The predicted octanol–water partition coefficient (Wildman–Crippen LogP) is 6.98. The minimum atomic E-state index is -0.0402. The molecule has 200 valence electrons. The summed E-state index contributed by atoms with van der Waals surface area (Å²) in [5.41, 5.74) is 3.23. The van der Waals surface area contributed by atoms with Crippen LogP contribution in [0.3, 0.4) is 0 Å². The van der Waals surface area contributed by atoms with Gasteiger partial charge in [0, 0.05) is 43.7 Å². The van der Waals surface area contributed by atoms with Crippen LogP contribution in [0, 0.1) is 5.92 Å². The molecule has 3 aromatic rings. The van der Waals surface area contributed by atoms with Gasteiger partial charge in [-0.15, -0.1) is 0 Å². The summed E-state index contributed by atoms with van der Waals surface area (Å²) in [6.07, 6.45) is 13.0.